The number of aromatic nitrogens is 1. The van der Waals surface area contributed by atoms with Crippen molar-refractivity contribution in [3.05, 3.63) is 40.2 Å². The standard InChI is InChI=1S/C11H7F3N2OS/c12-11(13,14)7-3-1-2-6(4-7)8-5-18-10(16-8)9(15)17/h1-5H,(H2,15,17). The van der Waals surface area contributed by atoms with Gasteiger partial charge in [-0.15, -0.1) is 11.3 Å². The number of rotatable bonds is 2. The van der Waals surface area contributed by atoms with Crippen LogP contribution in [0.25, 0.3) is 11.3 Å². The van der Waals surface area contributed by atoms with Crippen LogP contribution in [0.5, 0.6) is 0 Å². The molecule has 0 bridgehead atoms. The van der Waals surface area contributed by atoms with E-state index in [-0.39, 0.29) is 5.01 Å². The number of hydrogen-bond donors (Lipinski definition) is 1. The monoisotopic (exact) mass is 272 g/mol. The highest BCUT2D eigenvalue weighted by Gasteiger charge is 2.30. The van der Waals surface area contributed by atoms with Crippen LogP contribution in [-0.2, 0) is 6.18 Å². The fourth-order valence-corrected chi connectivity index (χ4v) is 2.05. The lowest BCUT2D eigenvalue weighted by Crippen LogP contribution is -2.10. The van der Waals surface area contributed by atoms with E-state index in [1.165, 1.54) is 17.5 Å². The Morgan fingerprint density at radius 2 is 2.06 bits per heavy atom. The molecule has 1 aromatic heterocycles. The van der Waals surface area contributed by atoms with E-state index in [4.69, 9.17) is 5.73 Å². The fraction of sp³-hybridized carbons (Fsp3) is 0.0909. The number of nitrogens with zero attached hydrogens (tertiary/aromatic N) is 1. The van der Waals surface area contributed by atoms with Crippen LogP contribution in [0, 0.1) is 0 Å². The Morgan fingerprint density at radius 1 is 1.33 bits per heavy atom. The van der Waals surface area contributed by atoms with E-state index >= 15 is 0 Å². The number of amides is 1. The second-order valence-corrected chi connectivity index (χ2v) is 4.34. The number of nitrogens with two attached hydrogens (primary N) is 1. The minimum atomic E-state index is -4.40. The summed E-state index contributed by atoms with van der Waals surface area (Å²) in [4.78, 5) is 14.7. The Hall–Kier alpha value is -1.89. The van der Waals surface area contributed by atoms with Gasteiger partial charge in [0.2, 0.25) is 0 Å². The molecule has 3 nitrogen and oxygen atoms in total. The molecule has 0 spiro atoms. The van der Waals surface area contributed by atoms with E-state index in [1.54, 1.807) is 0 Å². The summed E-state index contributed by atoms with van der Waals surface area (Å²) in [6, 6.07) is 4.75. The summed E-state index contributed by atoms with van der Waals surface area (Å²) in [7, 11) is 0. The molecule has 1 amide bonds. The van der Waals surface area contributed by atoms with Crippen molar-refractivity contribution in [3.63, 3.8) is 0 Å². The van der Waals surface area contributed by atoms with Crippen molar-refractivity contribution in [2.45, 2.75) is 6.18 Å². The minimum Gasteiger partial charge on any atom is -0.364 e. The van der Waals surface area contributed by atoms with Gasteiger partial charge in [0.15, 0.2) is 5.01 Å². The van der Waals surface area contributed by atoms with Crippen LogP contribution >= 0.6 is 11.3 Å². The summed E-state index contributed by atoms with van der Waals surface area (Å²) in [6.07, 6.45) is -4.40. The second kappa shape index (κ2) is 4.41. The zero-order chi connectivity index (χ0) is 13.3. The summed E-state index contributed by atoms with van der Waals surface area (Å²) in [6.45, 7) is 0. The van der Waals surface area contributed by atoms with Gasteiger partial charge in [-0.1, -0.05) is 12.1 Å². The number of thiazole rings is 1. The number of hydrogen-bond acceptors (Lipinski definition) is 3. The number of benzene rings is 1. The van der Waals surface area contributed by atoms with E-state index in [0.717, 1.165) is 23.5 Å². The first-order valence-electron chi connectivity index (χ1n) is 4.81. The highest BCUT2D eigenvalue weighted by molar-refractivity contribution is 7.12. The van der Waals surface area contributed by atoms with Crippen LogP contribution in [0.1, 0.15) is 15.4 Å². The summed E-state index contributed by atoms with van der Waals surface area (Å²) in [5, 5.41) is 1.57. The van der Waals surface area contributed by atoms with Gasteiger partial charge in [0.1, 0.15) is 0 Å². The minimum absolute atomic E-state index is 0.0717. The Bertz CT molecular complexity index is 592. The van der Waals surface area contributed by atoms with E-state index in [1.807, 2.05) is 0 Å². The van der Waals surface area contributed by atoms with Crippen LogP contribution < -0.4 is 5.73 Å². The summed E-state index contributed by atoms with van der Waals surface area (Å²) in [5.74, 6) is -0.696. The van der Waals surface area contributed by atoms with Crippen LogP contribution in [0.2, 0.25) is 0 Å². The molecule has 1 aromatic carbocycles. The maximum Gasteiger partial charge on any atom is 0.416 e. The van der Waals surface area contributed by atoms with Crippen LogP contribution in [0.3, 0.4) is 0 Å². The molecule has 2 rings (SSSR count). The highest BCUT2D eigenvalue weighted by atomic mass is 32.1. The van der Waals surface area contributed by atoms with Gasteiger partial charge >= 0.3 is 6.18 Å². The summed E-state index contributed by atoms with van der Waals surface area (Å²) < 4.78 is 37.6. The van der Waals surface area contributed by atoms with E-state index < -0.39 is 17.6 Å². The number of carbonyl (C=O) groups is 1. The molecule has 0 saturated carbocycles. The van der Waals surface area contributed by atoms with Crippen molar-refractivity contribution in [1.29, 1.82) is 0 Å². The van der Waals surface area contributed by atoms with Gasteiger partial charge < -0.3 is 5.73 Å². The summed E-state index contributed by atoms with van der Waals surface area (Å²) >= 11 is 0.999. The summed E-state index contributed by atoms with van der Waals surface area (Å²) in [5.41, 5.74) is 4.88. The van der Waals surface area contributed by atoms with Crippen molar-refractivity contribution in [2.24, 2.45) is 5.73 Å². The lowest BCUT2D eigenvalue weighted by Gasteiger charge is -2.07. The molecule has 2 N–H and O–H groups in total. The molecule has 0 aliphatic carbocycles. The molecule has 0 atom stereocenters. The van der Waals surface area contributed by atoms with E-state index in [9.17, 15) is 18.0 Å². The van der Waals surface area contributed by atoms with E-state index in [2.05, 4.69) is 4.98 Å². The lowest BCUT2D eigenvalue weighted by atomic mass is 10.1. The lowest BCUT2D eigenvalue weighted by molar-refractivity contribution is -0.137. The normalized spacial score (nSPS) is 11.5. The molecular weight excluding hydrogens is 265 g/mol. The maximum absolute atomic E-state index is 12.5. The predicted molar refractivity (Wildman–Crippen MR) is 61.1 cm³/mol. The molecule has 7 heteroatoms. The van der Waals surface area contributed by atoms with Crippen molar-refractivity contribution in [2.75, 3.05) is 0 Å². The molecule has 1 heterocycles. The van der Waals surface area contributed by atoms with Crippen LogP contribution in [-0.4, -0.2) is 10.9 Å². The molecule has 0 saturated heterocycles. The number of alkyl halides is 3. The quantitative estimate of drug-likeness (QED) is 0.913. The maximum atomic E-state index is 12.5. The fourth-order valence-electron chi connectivity index (χ4n) is 1.37. The molecular formula is C11H7F3N2OS. The largest absolute Gasteiger partial charge is 0.416 e. The van der Waals surface area contributed by atoms with Gasteiger partial charge in [-0.2, -0.15) is 13.2 Å². The van der Waals surface area contributed by atoms with Gasteiger partial charge in [-0.3, -0.25) is 4.79 Å². The van der Waals surface area contributed by atoms with Gasteiger partial charge in [-0.05, 0) is 12.1 Å². The molecule has 94 valence electrons. The van der Waals surface area contributed by atoms with Crippen molar-refractivity contribution in [3.8, 4) is 11.3 Å². The highest BCUT2D eigenvalue weighted by Crippen LogP contribution is 2.32. The second-order valence-electron chi connectivity index (χ2n) is 3.48. The van der Waals surface area contributed by atoms with E-state index in [0.29, 0.717) is 11.3 Å². The molecule has 2 aromatic rings. The molecule has 0 aliphatic heterocycles. The zero-order valence-electron chi connectivity index (χ0n) is 8.86. The molecule has 0 unspecified atom stereocenters. The van der Waals surface area contributed by atoms with Gasteiger partial charge in [-0.25, -0.2) is 4.98 Å². The zero-order valence-corrected chi connectivity index (χ0v) is 9.68. The Kier molecular flexibility index (Phi) is 3.08. The smallest absolute Gasteiger partial charge is 0.364 e. The predicted octanol–water partition coefficient (Wildman–Crippen LogP) is 2.93. The average Bonchev–Trinajstić information content (AvgIpc) is 2.77. The topological polar surface area (TPSA) is 56.0 Å². The molecule has 18 heavy (non-hydrogen) atoms. The molecule has 0 radical (unpaired) electrons. The van der Waals surface area contributed by atoms with Crippen molar-refractivity contribution >= 4 is 17.2 Å². The number of halogens is 3. The molecule has 0 fully saturated rings. The number of carbonyl (C=O) groups excluding carboxylic acids is 1. The average molecular weight is 272 g/mol. The number of primary amides is 1. The van der Waals surface area contributed by atoms with Crippen LogP contribution in [0.15, 0.2) is 29.6 Å². The van der Waals surface area contributed by atoms with Crippen molar-refractivity contribution in [1.82, 2.24) is 4.98 Å². The van der Waals surface area contributed by atoms with Gasteiger partial charge in [0, 0.05) is 10.9 Å². The first kappa shape index (κ1) is 12.6. The van der Waals surface area contributed by atoms with Crippen LogP contribution in [0.4, 0.5) is 13.2 Å². The third kappa shape index (κ3) is 2.51. The first-order chi connectivity index (χ1) is 8.38. The van der Waals surface area contributed by atoms with Gasteiger partial charge in [0.25, 0.3) is 5.91 Å². The third-order valence-electron chi connectivity index (χ3n) is 2.20. The Morgan fingerprint density at radius 3 is 2.61 bits per heavy atom. The first-order valence-corrected chi connectivity index (χ1v) is 5.69. The Labute approximate surface area is 104 Å². The van der Waals surface area contributed by atoms with Gasteiger partial charge in [0.05, 0.1) is 11.3 Å². The third-order valence-corrected chi connectivity index (χ3v) is 3.06. The molecule has 0 aliphatic rings. The van der Waals surface area contributed by atoms with Crippen molar-refractivity contribution < 1.29 is 18.0 Å². The Balaban J connectivity index is 2.41. The SMILES string of the molecule is NC(=O)c1nc(-c2cccc(C(F)(F)F)c2)cs1.